The van der Waals surface area contributed by atoms with Gasteiger partial charge in [0.1, 0.15) is 17.2 Å². The van der Waals surface area contributed by atoms with Gasteiger partial charge in [0, 0.05) is 6.42 Å². The van der Waals surface area contributed by atoms with Gasteiger partial charge < -0.3 is 14.8 Å². The van der Waals surface area contributed by atoms with Crippen LogP contribution < -0.4 is 20.1 Å². The fraction of sp³-hybridized carbons (Fsp3) is 0.304. The average Bonchev–Trinajstić information content (AvgIpc) is 3.04. The van der Waals surface area contributed by atoms with Gasteiger partial charge in [0.15, 0.2) is 5.11 Å². The van der Waals surface area contributed by atoms with E-state index >= 15 is 0 Å². The van der Waals surface area contributed by atoms with Crippen LogP contribution in [0.3, 0.4) is 0 Å². The van der Waals surface area contributed by atoms with Crippen LogP contribution in [0.25, 0.3) is 6.08 Å². The second-order valence-corrected chi connectivity index (χ2v) is 7.38. The Kier molecular flexibility index (Phi) is 7.25. The maximum absolute atomic E-state index is 11.7. The molecule has 1 aliphatic rings. The Labute approximate surface area is 177 Å². The Morgan fingerprint density at radius 1 is 1.03 bits per heavy atom. The van der Waals surface area contributed by atoms with Crippen LogP contribution in [0, 0.1) is 0 Å². The summed E-state index contributed by atoms with van der Waals surface area (Å²) >= 11 is 4.94. The normalized spacial score (nSPS) is 15.7. The summed E-state index contributed by atoms with van der Waals surface area (Å²) in [4.78, 5) is 11.7. The van der Waals surface area contributed by atoms with Crippen LogP contribution >= 0.6 is 12.2 Å². The molecule has 0 unspecified atom stereocenters. The zero-order chi connectivity index (χ0) is 20.6. The monoisotopic (exact) mass is 410 g/mol. The summed E-state index contributed by atoms with van der Waals surface area (Å²) in [7, 11) is 0. The fourth-order valence-corrected chi connectivity index (χ4v) is 3.11. The number of carbonyl (C=O) groups is 1. The lowest BCUT2D eigenvalue weighted by atomic mass is 9.99. The van der Waals surface area contributed by atoms with Gasteiger partial charge in [-0.15, -0.1) is 0 Å². The Morgan fingerprint density at radius 3 is 2.41 bits per heavy atom. The molecule has 1 atom stereocenters. The Bertz CT molecular complexity index is 893. The summed E-state index contributed by atoms with van der Waals surface area (Å²) in [6.07, 6.45) is 3.65. The first kappa shape index (κ1) is 20.9. The topological polar surface area (TPSA) is 59.6 Å². The highest BCUT2D eigenvalue weighted by atomic mass is 32.1. The number of carbonyl (C=O) groups excluding carboxylic acids is 1. The summed E-state index contributed by atoms with van der Waals surface area (Å²) in [5, 5.41) is 5.70. The standard InChI is InChI=1S/C23H26N2O3S/c1-3-16(2)18-8-10-19(11-9-18)27-12-5-13-28-20-7-4-6-17(14-20)15-21-22(26)25-23(29)24-21/h4,6-11,14-16H,3,5,12-13H2,1-2H3,(H2,24,25,26,29)/b21-15-/t16-/m0/s1. The summed E-state index contributed by atoms with van der Waals surface area (Å²) in [6.45, 7) is 5.56. The molecule has 0 radical (unpaired) electrons. The van der Waals surface area contributed by atoms with Crippen LogP contribution in [0.5, 0.6) is 11.5 Å². The lowest BCUT2D eigenvalue weighted by Gasteiger charge is -2.11. The van der Waals surface area contributed by atoms with Crippen molar-refractivity contribution in [3.8, 4) is 11.5 Å². The molecule has 0 saturated carbocycles. The highest BCUT2D eigenvalue weighted by Gasteiger charge is 2.19. The lowest BCUT2D eigenvalue weighted by Crippen LogP contribution is -2.21. The van der Waals surface area contributed by atoms with E-state index in [0.717, 1.165) is 29.9 Å². The van der Waals surface area contributed by atoms with Crippen LogP contribution in [-0.2, 0) is 4.79 Å². The molecule has 1 fully saturated rings. The van der Waals surface area contributed by atoms with Gasteiger partial charge in [0.2, 0.25) is 0 Å². The van der Waals surface area contributed by atoms with E-state index in [1.54, 1.807) is 6.08 Å². The molecule has 0 spiro atoms. The molecule has 1 amide bonds. The molecular formula is C23H26N2O3S. The molecule has 2 N–H and O–H groups in total. The largest absolute Gasteiger partial charge is 0.493 e. The first-order valence-corrected chi connectivity index (χ1v) is 10.3. The SMILES string of the molecule is CC[C@H](C)c1ccc(OCCCOc2cccc(/C=C3\NC(=S)NC3=O)c2)cc1. The highest BCUT2D eigenvalue weighted by molar-refractivity contribution is 7.80. The quantitative estimate of drug-likeness (QED) is 0.365. The van der Waals surface area contributed by atoms with Crippen molar-refractivity contribution in [2.45, 2.75) is 32.6 Å². The predicted octanol–water partition coefficient (Wildman–Crippen LogP) is 4.39. The lowest BCUT2D eigenvalue weighted by molar-refractivity contribution is -0.115. The third-order valence-corrected chi connectivity index (χ3v) is 4.98. The van der Waals surface area contributed by atoms with E-state index in [0.29, 0.717) is 29.9 Å². The number of hydrogen-bond donors (Lipinski definition) is 2. The Balaban J connectivity index is 1.43. The number of nitrogens with one attached hydrogen (secondary N) is 2. The second-order valence-electron chi connectivity index (χ2n) is 6.97. The molecule has 1 saturated heterocycles. The molecule has 2 aromatic carbocycles. The summed E-state index contributed by atoms with van der Waals surface area (Å²) < 4.78 is 11.6. The summed E-state index contributed by atoms with van der Waals surface area (Å²) in [6, 6.07) is 15.9. The fourth-order valence-electron chi connectivity index (χ4n) is 2.91. The molecular weight excluding hydrogens is 384 g/mol. The van der Waals surface area contributed by atoms with Crippen LogP contribution in [-0.4, -0.2) is 24.2 Å². The maximum Gasteiger partial charge on any atom is 0.273 e. The van der Waals surface area contributed by atoms with Gasteiger partial charge in [-0.1, -0.05) is 38.1 Å². The molecule has 0 aromatic heterocycles. The van der Waals surface area contributed by atoms with E-state index < -0.39 is 0 Å². The number of ether oxygens (including phenoxy) is 2. The second kappa shape index (κ2) is 10.1. The van der Waals surface area contributed by atoms with Gasteiger partial charge in [0.05, 0.1) is 13.2 Å². The van der Waals surface area contributed by atoms with E-state index in [9.17, 15) is 4.79 Å². The van der Waals surface area contributed by atoms with E-state index in [2.05, 4.69) is 36.6 Å². The zero-order valence-electron chi connectivity index (χ0n) is 16.7. The minimum Gasteiger partial charge on any atom is -0.493 e. The Morgan fingerprint density at radius 2 is 1.76 bits per heavy atom. The molecule has 0 bridgehead atoms. The molecule has 5 nitrogen and oxygen atoms in total. The molecule has 152 valence electrons. The van der Waals surface area contributed by atoms with Crippen LogP contribution in [0.4, 0.5) is 0 Å². The molecule has 1 aliphatic heterocycles. The molecule has 3 rings (SSSR count). The van der Waals surface area contributed by atoms with Crippen LogP contribution in [0.1, 0.15) is 43.7 Å². The Hall–Kier alpha value is -2.86. The van der Waals surface area contributed by atoms with Crippen LogP contribution in [0.15, 0.2) is 54.2 Å². The first-order chi connectivity index (χ1) is 14.0. The first-order valence-electron chi connectivity index (χ1n) is 9.85. The predicted molar refractivity (Wildman–Crippen MR) is 119 cm³/mol. The molecule has 1 heterocycles. The van der Waals surface area contributed by atoms with E-state index in [4.69, 9.17) is 21.7 Å². The van der Waals surface area contributed by atoms with Gasteiger partial charge in [-0.3, -0.25) is 10.1 Å². The van der Waals surface area contributed by atoms with Gasteiger partial charge in [-0.2, -0.15) is 0 Å². The van der Waals surface area contributed by atoms with Gasteiger partial charge in [0.25, 0.3) is 5.91 Å². The van der Waals surface area contributed by atoms with Gasteiger partial charge >= 0.3 is 0 Å². The van der Waals surface area contributed by atoms with Crippen molar-refractivity contribution >= 4 is 29.3 Å². The molecule has 0 aliphatic carbocycles. The van der Waals surface area contributed by atoms with Crippen molar-refractivity contribution in [1.82, 2.24) is 10.6 Å². The molecule has 2 aromatic rings. The number of thiocarbonyl (C=S) groups is 1. The number of hydrogen-bond acceptors (Lipinski definition) is 4. The van der Waals surface area contributed by atoms with Crippen molar-refractivity contribution < 1.29 is 14.3 Å². The van der Waals surface area contributed by atoms with Crippen molar-refractivity contribution in [2.24, 2.45) is 0 Å². The minimum absolute atomic E-state index is 0.226. The summed E-state index contributed by atoms with van der Waals surface area (Å²) in [5.41, 5.74) is 2.63. The molecule has 6 heteroatoms. The van der Waals surface area contributed by atoms with Crippen molar-refractivity contribution in [2.75, 3.05) is 13.2 Å². The molecule has 29 heavy (non-hydrogen) atoms. The minimum atomic E-state index is -0.226. The number of benzene rings is 2. The van der Waals surface area contributed by atoms with Crippen LogP contribution in [0.2, 0.25) is 0 Å². The van der Waals surface area contributed by atoms with E-state index in [1.165, 1.54) is 5.56 Å². The van der Waals surface area contributed by atoms with Crippen molar-refractivity contribution in [3.05, 3.63) is 65.4 Å². The van der Waals surface area contributed by atoms with Gasteiger partial charge in [-0.05, 0) is 66.0 Å². The van der Waals surface area contributed by atoms with Gasteiger partial charge in [-0.25, -0.2) is 0 Å². The average molecular weight is 411 g/mol. The zero-order valence-corrected chi connectivity index (χ0v) is 17.6. The van der Waals surface area contributed by atoms with Crippen molar-refractivity contribution in [1.29, 1.82) is 0 Å². The smallest absolute Gasteiger partial charge is 0.273 e. The number of amides is 1. The highest BCUT2D eigenvalue weighted by Crippen LogP contribution is 2.21. The van der Waals surface area contributed by atoms with E-state index in [1.807, 2.05) is 36.4 Å². The maximum atomic E-state index is 11.7. The summed E-state index contributed by atoms with van der Waals surface area (Å²) in [5.74, 6) is 1.97. The van der Waals surface area contributed by atoms with Crippen molar-refractivity contribution in [3.63, 3.8) is 0 Å². The van der Waals surface area contributed by atoms with E-state index in [-0.39, 0.29) is 5.91 Å². The third-order valence-electron chi connectivity index (χ3n) is 4.78. The third kappa shape index (κ3) is 6.06. The number of rotatable bonds is 9.